The molecule has 2 aromatic carbocycles. The van der Waals surface area contributed by atoms with E-state index >= 15 is 0 Å². The van der Waals surface area contributed by atoms with E-state index in [-0.39, 0.29) is 20.7 Å². The Balaban J connectivity index is 1.66. The van der Waals surface area contributed by atoms with Crippen LogP contribution < -0.4 is 15.2 Å². The molecule has 0 radical (unpaired) electrons. The zero-order chi connectivity index (χ0) is 26.3. The van der Waals surface area contributed by atoms with E-state index in [1.54, 1.807) is 19.1 Å². The molecule has 0 bridgehead atoms. The number of nitrogens with one attached hydrogen (secondary N) is 1. The van der Waals surface area contributed by atoms with E-state index in [2.05, 4.69) is 19.6 Å². The van der Waals surface area contributed by atoms with Crippen molar-refractivity contribution in [2.24, 2.45) is 0 Å². The molecule has 9 nitrogen and oxygen atoms in total. The summed E-state index contributed by atoms with van der Waals surface area (Å²) in [6.45, 7) is 1.62. The first-order valence-electron chi connectivity index (χ1n) is 10.2. The molecule has 0 fully saturated rings. The quantitative estimate of drug-likeness (QED) is 0.356. The van der Waals surface area contributed by atoms with E-state index in [4.69, 9.17) is 9.47 Å². The van der Waals surface area contributed by atoms with Gasteiger partial charge in [-0.2, -0.15) is 13.2 Å². The molecule has 2 aromatic heterocycles. The number of hydrogen-bond donors (Lipinski definition) is 1. The van der Waals surface area contributed by atoms with Crippen LogP contribution in [0, 0.1) is 0 Å². The topological polar surface area (TPSA) is 124 Å². The van der Waals surface area contributed by atoms with Gasteiger partial charge in [-0.15, -0.1) is 11.3 Å². The normalized spacial score (nSPS) is 12.9. The SMILES string of the molecule is COc1cc(OC(C)c2sc(-c3ccc(C(F)(F)F)cc3)nc2S(C)(=O)=O)ccc1-c1noc(=O)[nH]1. The number of H-pyrrole nitrogens is 1. The van der Waals surface area contributed by atoms with Gasteiger partial charge < -0.3 is 9.47 Å². The third-order valence-electron chi connectivity index (χ3n) is 4.98. The van der Waals surface area contributed by atoms with E-state index in [0.717, 1.165) is 29.7 Å². The van der Waals surface area contributed by atoms with Gasteiger partial charge in [-0.3, -0.25) is 9.51 Å². The standard InChI is InChI=1S/C22H18F3N3O6S2/c1-11(33-14-8-9-15(16(10-14)32-2)18-26-21(29)34-28-18)17-20(36(3,30)31)27-19(35-17)12-4-6-13(7-5-12)22(23,24)25/h4-11H,1-3H3,(H,26,28,29). The van der Waals surface area contributed by atoms with E-state index < -0.39 is 33.4 Å². The Labute approximate surface area is 206 Å². The number of aromatic nitrogens is 3. The summed E-state index contributed by atoms with van der Waals surface area (Å²) in [5.41, 5.74) is -0.0540. The number of ether oxygens (including phenoxy) is 2. The Bertz CT molecular complexity index is 1560. The fourth-order valence-corrected chi connectivity index (χ4v) is 5.68. The van der Waals surface area contributed by atoms with Crippen molar-refractivity contribution < 1.29 is 35.6 Å². The van der Waals surface area contributed by atoms with Crippen LogP contribution in [-0.2, 0) is 16.0 Å². The lowest BCUT2D eigenvalue weighted by Crippen LogP contribution is -2.08. The third-order valence-corrected chi connectivity index (χ3v) is 7.39. The van der Waals surface area contributed by atoms with Crippen LogP contribution in [0.15, 0.2) is 56.8 Å². The molecule has 14 heteroatoms. The van der Waals surface area contributed by atoms with Crippen LogP contribution in [0.2, 0.25) is 0 Å². The van der Waals surface area contributed by atoms with Crippen LogP contribution in [0.5, 0.6) is 11.5 Å². The Morgan fingerprint density at radius 3 is 2.39 bits per heavy atom. The molecule has 4 aromatic rings. The molecule has 0 aliphatic rings. The number of methoxy groups -OCH3 is 1. The first kappa shape index (κ1) is 25.4. The zero-order valence-corrected chi connectivity index (χ0v) is 20.5. The lowest BCUT2D eigenvalue weighted by molar-refractivity contribution is -0.137. The summed E-state index contributed by atoms with van der Waals surface area (Å²) in [5.74, 6) is 0.0445. The maximum Gasteiger partial charge on any atom is 0.439 e. The molecule has 1 unspecified atom stereocenters. The van der Waals surface area contributed by atoms with Crippen LogP contribution >= 0.6 is 11.3 Å². The van der Waals surface area contributed by atoms with Gasteiger partial charge in [0.25, 0.3) is 0 Å². The second-order valence-corrected chi connectivity index (χ2v) is 10.6. The Hall–Kier alpha value is -3.65. The first-order chi connectivity index (χ1) is 16.9. The highest BCUT2D eigenvalue weighted by molar-refractivity contribution is 7.90. The van der Waals surface area contributed by atoms with Gasteiger partial charge in [0.05, 0.1) is 23.1 Å². The highest BCUT2D eigenvalue weighted by Gasteiger charge is 2.31. The monoisotopic (exact) mass is 541 g/mol. The van der Waals surface area contributed by atoms with E-state index in [0.29, 0.717) is 22.6 Å². The highest BCUT2D eigenvalue weighted by atomic mass is 32.2. The maximum absolute atomic E-state index is 12.9. The lowest BCUT2D eigenvalue weighted by atomic mass is 10.1. The van der Waals surface area contributed by atoms with Gasteiger partial charge in [0.1, 0.15) is 22.6 Å². The average molecular weight is 542 g/mol. The molecule has 4 rings (SSSR count). The molecule has 2 heterocycles. The molecule has 190 valence electrons. The summed E-state index contributed by atoms with van der Waals surface area (Å²) in [6.07, 6.45) is -4.30. The Kier molecular flexibility index (Phi) is 6.66. The van der Waals surface area contributed by atoms with Crippen molar-refractivity contribution in [2.45, 2.75) is 24.2 Å². The van der Waals surface area contributed by atoms with E-state index in [9.17, 15) is 26.4 Å². The summed E-state index contributed by atoms with van der Waals surface area (Å²) in [6, 6.07) is 8.96. The summed E-state index contributed by atoms with van der Waals surface area (Å²) in [7, 11) is -2.37. The molecular formula is C22H18F3N3O6S2. The fourth-order valence-electron chi connectivity index (χ4n) is 3.31. The van der Waals surface area contributed by atoms with Crippen molar-refractivity contribution in [3.05, 3.63) is 63.5 Å². The molecule has 1 N–H and O–H groups in total. The van der Waals surface area contributed by atoms with Crippen LogP contribution in [0.3, 0.4) is 0 Å². The van der Waals surface area contributed by atoms with Crippen molar-refractivity contribution in [2.75, 3.05) is 13.4 Å². The minimum absolute atomic E-state index is 0.152. The molecule has 0 amide bonds. The summed E-state index contributed by atoms with van der Waals surface area (Å²) < 4.78 is 79.3. The Morgan fingerprint density at radius 1 is 1.14 bits per heavy atom. The molecule has 0 saturated carbocycles. The minimum atomic E-state index is -4.49. The summed E-state index contributed by atoms with van der Waals surface area (Å²) >= 11 is 1.00. The van der Waals surface area contributed by atoms with Crippen LogP contribution in [-0.4, -0.2) is 36.9 Å². The fraction of sp³-hybridized carbons (Fsp3) is 0.227. The first-order valence-corrected chi connectivity index (χ1v) is 12.9. The molecule has 0 aliphatic heterocycles. The number of benzene rings is 2. The van der Waals surface area contributed by atoms with Gasteiger partial charge in [0.15, 0.2) is 20.7 Å². The highest BCUT2D eigenvalue weighted by Crippen LogP contribution is 2.39. The number of hydrogen-bond acceptors (Lipinski definition) is 9. The molecular weight excluding hydrogens is 523 g/mol. The minimum Gasteiger partial charge on any atom is -0.496 e. The van der Waals surface area contributed by atoms with Crippen molar-refractivity contribution in [1.82, 2.24) is 15.1 Å². The van der Waals surface area contributed by atoms with E-state index in [1.165, 1.54) is 25.3 Å². The number of rotatable bonds is 7. The van der Waals surface area contributed by atoms with Gasteiger partial charge in [-0.25, -0.2) is 18.2 Å². The van der Waals surface area contributed by atoms with Crippen molar-refractivity contribution in [3.8, 4) is 33.5 Å². The zero-order valence-electron chi connectivity index (χ0n) is 18.9. The smallest absolute Gasteiger partial charge is 0.439 e. The predicted octanol–water partition coefficient (Wildman–Crippen LogP) is 4.72. The second-order valence-electron chi connectivity index (χ2n) is 7.60. The van der Waals surface area contributed by atoms with Gasteiger partial charge in [0, 0.05) is 17.9 Å². The Morgan fingerprint density at radius 2 is 1.83 bits per heavy atom. The molecule has 0 saturated heterocycles. The lowest BCUT2D eigenvalue weighted by Gasteiger charge is -2.15. The van der Waals surface area contributed by atoms with Gasteiger partial charge in [-0.1, -0.05) is 17.3 Å². The number of halogens is 3. The predicted molar refractivity (Wildman–Crippen MR) is 124 cm³/mol. The maximum atomic E-state index is 12.9. The second kappa shape index (κ2) is 9.43. The number of alkyl halides is 3. The van der Waals surface area contributed by atoms with Crippen molar-refractivity contribution >= 4 is 21.2 Å². The van der Waals surface area contributed by atoms with Crippen LogP contribution in [0.4, 0.5) is 13.2 Å². The number of thiazole rings is 1. The number of sulfone groups is 1. The average Bonchev–Trinajstić information content (AvgIpc) is 3.45. The molecule has 1 atom stereocenters. The van der Waals surface area contributed by atoms with E-state index in [1.807, 2.05) is 0 Å². The van der Waals surface area contributed by atoms with Crippen molar-refractivity contribution in [3.63, 3.8) is 0 Å². The van der Waals surface area contributed by atoms with Gasteiger partial charge >= 0.3 is 11.9 Å². The summed E-state index contributed by atoms with van der Waals surface area (Å²) in [5, 5.41) is 3.63. The third kappa shape index (κ3) is 5.28. The largest absolute Gasteiger partial charge is 0.496 e. The van der Waals surface area contributed by atoms with Crippen LogP contribution in [0.1, 0.15) is 23.5 Å². The van der Waals surface area contributed by atoms with Gasteiger partial charge in [-0.05, 0) is 31.2 Å². The number of nitrogens with zero attached hydrogens (tertiary/aromatic N) is 2. The molecule has 0 aliphatic carbocycles. The van der Waals surface area contributed by atoms with Gasteiger partial charge in [0.2, 0.25) is 0 Å². The van der Waals surface area contributed by atoms with Crippen LogP contribution in [0.25, 0.3) is 22.0 Å². The van der Waals surface area contributed by atoms with Crippen molar-refractivity contribution in [1.29, 1.82) is 0 Å². The summed E-state index contributed by atoms with van der Waals surface area (Å²) in [4.78, 5) is 18.1. The number of aromatic amines is 1. The molecule has 0 spiro atoms. The molecule has 36 heavy (non-hydrogen) atoms.